The molecule has 2 aromatic carbocycles. The molecule has 1 fully saturated rings. The van der Waals surface area contributed by atoms with Gasteiger partial charge >= 0.3 is 5.97 Å². The fraction of sp³-hybridized carbons (Fsp3) is 0.531. The highest BCUT2D eigenvalue weighted by Gasteiger charge is 2.30. The van der Waals surface area contributed by atoms with Crippen LogP contribution in [-0.4, -0.2) is 38.2 Å². The molecule has 0 N–H and O–H groups in total. The lowest BCUT2D eigenvalue weighted by Crippen LogP contribution is -2.33. The summed E-state index contributed by atoms with van der Waals surface area (Å²) in [5, 5.41) is 0. The van der Waals surface area contributed by atoms with Gasteiger partial charge in [-0.25, -0.2) is 0 Å². The van der Waals surface area contributed by atoms with Crippen molar-refractivity contribution >= 4 is 11.7 Å². The molecule has 37 heavy (non-hydrogen) atoms. The molecule has 200 valence electrons. The molecule has 0 bridgehead atoms. The number of methoxy groups -OCH3 is 2. The van der Waals surface area contributed by atoms with Crippen molar-refractivity contribution in [2.24, 2.45) is 5.92 Å². The summed E-state index contributed by atoms with van der Waals surface area (Å²) >= 11 is 0. The first-order chi connectivity index (χ1) is 18.1. The maximum absolute atomic E-state index is 12.9. The van der Waals surface area contributed by atoms with Crippen LogP contribution in [-0.2, 0) is 22.5 Å². The van der Waals surface area contributed by atoms with Crippen LogP contribution in [0, 0.1) is 5.92 Å². The number of hydrogen-bond acceptors (Lipinski definition) is 5. The number of piperidine rings is 1. The third-order valence-electron chi connectivity index (χ3n) is 7.77. The summed E-state index contributed by atoms with van der Waals surface area (Å²) in [6.07, 6.45) is 10.2. The number of carbonyl (C=O) groups excluding carboxylic acids is 1. The summed E-state index contributed by atoms with van der Waals surface area (Å²) in [6, 6.07) is 14.7. The van der Waals surface area contributed by atoms with E-state index in [4.69, 9.17) is 14.2 Å². The van der Waals surface area contributed by atoms with E-state index >= 15 is 0 Å². The van der Waals surface area contributed by atoms with E-state index in [0.29, 0.717) is 18.1 Å². The maximum Gasteiger partial charge on any atom is 0.311 e. The van der Waals surface area contributed by atoms with Crippen molar-refractivity contribution < 1.29 is 19.0 Å². The number of esters is 1. The Bertz CT molecular complexity index is 1050. The van der Waals surface area contributed by atoms with E-state index in [-0.39, 0.29) is 5.97 Å². The number of nitrogens with zero attached hydrogens (tertiary/aromatic N) is 1. The number of benzene rings is 2. The summed E-state index contributed by atoms with van der Waals surface area (Å²) in [5.74, 6) is 2.64. The monoisotopic (exact) mass is 505 g/mol. The second-order valence-electron chi connectivity index (χ2n) is 10.5. The van der Waals surface area contributed by atoms with Gasteiger partial charge in [0, 0.05) is 18.5 Å². The Morgan fingerprint density at radius 1 is 0.946 bits per heavy atom. The van der Waals surface area contributed by atoms with Crippen LogP contribution < -0.4 is 9.47 Å². The van der Waals surface area contributed by atoms with Crippen LogP contribution in [0.4, 0.5) is 0 Å². The number of ether oxygens (including phenoxy) is 3. The summed E-state index contributed by atoms with van der Waals surface area (Å²) in [4.78, 5) is 15.4. The molecule has 1 aliphatic heterocycles. The fourth-order valence-electron chi connectivity index (χ4n) is 5.65. The molecule has 2 aliphatic rings. The molecule has 0 radical (unpaired) electrons. The standard InChI is InChI=1S/C32H43NO4/c1-4-5-6-7-11-14-31(34)37-32-27(20-26-21-29(35-2)30(36-3)22-28(26)32)19-24-15-17-33(18-16-24)23-25-12-9-8-10-13-25/h8-10,12-13,21-22,24H,4-7,11,14-20,23H2,1-3H3. The van der Waals surface area contributed by atoms with Gasteiger partial charge in [-0.05, 0) is 79.9 Å². The Hall–Kier alpha value is -2.79. The van der Waals surface area contributed by atoms with Gasteiger partial charge in [0.15, 0.2) is 11.5 Å². The summed E-state index contributed by atoms with van der Waals surface area (Å²) < 4.78 is 17.2. The third-order valence-corrected chi connectivity index (χ3v) is 7.77. The lowest BCUT2D eigenvalue weighted by atomic mass is 9.89. The summed E-state index contributed by atoms with van der Waals surface area (Å²) in [7, 11) is 3.31. The predicted octanol–water partition coefficient (Wildman–Crippen LogP) is 7.18. The number of carbonyl (C=O) groups is 1. The van der Waals surface area contributed by atoms with Crippen LogP contribution in [0.2, 0.25) is 0 Å². The average Bonchev–Trinajstić information content (AvgIpc) is 3.24. The largest absolute Gasteiger partial charge is 0.493 e. The fourth-order valence-corrected chi connectivity index (χ4v) is 5.65. The maximum atomic E-state index is 12.9. The number of rotatable bonds is 13. The first-order valence-electron chi connectivity index (χ1n) is 14.1. The van der Waals surface area contributed by atoms with Gasteiger partial charge in [0.05, 0.1) is 14.2 Å². The Balaban J connectivity index is 1.43. The smallest absolute Gasteiger partial charge is 0.311 e. The lowest BCUT2D eigenvalue weighted by molar-refractivity contribution is -0.136. The highest BCUT2D eigenvalue weighted by molar-refractivity contribution is 5.83. The van der Waals surface area contributed by atoms with Crippen LogP contribution >= 0.6 is 0 Å². The second-order valence-corrected chi connectivity index (χ2v) is 10.5. The highest BCUT2D eigenvalue weighted by atomic mass is 16.5. The molecule has 5 nitrogen and oxygen atoms in total. The van der Waals surface area contributed by atoms with Gasteiger partial charge < -0.3 is 14.2 Å². The zero-order valence-electron chi connectivity index (χ0n) is 22.9. The van der Waals surface area contributed by atoms with Crippen molar-refractivity contribution in [1.82, 2.24) is 4.90 Å². The molecule has 0 aromatic heterocycles. The van der Waals surface area contributed by atoms with E-state index in [0.717, 1.165) is 80.8 Å². The van der Waals surface area contributed by atoms with E-state index in [1.165, 1.54) is 30.4 Å². The van der Waals surface area contributed by atoms with E-state index in [2.05, 4.69) is 42.2 Å². The molecule has 4 rings (SSSR count). The Morgan fingerprint density at radius 3 is 2.35 bits per heavy atom. The van der Waals surface area contributed by atoms with Crippen molar-refractivity contribution in [2.45, 2.75) is 77.7 Å². The van der Waals surface area contributed by atoms with Crippen molar-refractivity contribution in [1.29, 1.82) is 0 Å². The predicted molar refractivity (Wildman–Crippen MR) is 149 cm³/mol. The molecule has 0 spiro atoms. The van der Waals surface area contributed by atoms with Gasteiger partial charge in [-0.1, -0.05) is 62.9 Å². The molecule has 2 aromatic rings. The highest BCUT2D eigenvalue weighted by Crippen LogP contribution is 2.43. The van der Waals surface area contributed by atoms with Gasteiger partial charge in [0.2, 0.25) is 0 Å². The van der Waals surface area contributed by atoms with Crippen LogP contribution in [0.3, 0.4) is 0 Å². The van der Waals surface area contributed by atoms with E-state index in [9.17, 15) is 4.79 Å². The van der Waals surface area contributed by atoms with E-state index in [1.807, 2.05) is 12.1 Å². The number of likely N-dealkylation sites (tertiary alicyclic amines) is 1. The third kappa shape index (κ3) is 7.38. The van der Waals surface area contributed by atoms with Crippen LogP contribution in [0.1, 0.15) is 81.4 Å². The Labute approximate surface area is 222 Å². The molecule has 5 heteroatoms. The Kier molecular flexibility index (Phi) is 10.1. The molecule has 0 unspecified atom stereocenters. The molecular formula is C32H43NO4. The van der Waals surface area contributed by atoms with Crippen molar-refractivity contribution in [3.8, 4) is 11.5 Å². The molecule has 0 atom stereocenters. The minimum absolute atomic E-state index is 0.121. The minimum Gasteiger partial charge on any atom is -0.493 e. The van der Waals surface area contributed by atoms with E-state index < -0.39 is 0 Å². The number of allylic oxidation sites excluding steroid dienone is 1. The first-order valence-corrected chi connectivity index (χ1v) is 14.1. The van der Waals surface area contributed by atoms with Gasteiger partial charge in [-0.15, -0.1) is 0 Å². The van der Waals surface area contributed by atoms with Gasteiger partial charge in [0.1, 0.15) is 5.76 Å². The number of unbranched alkanes of at least 4 members (excludes halogenated alkanes) is 4. The summed E-state index contributed by atoms with van der Waals surface area (Å²) in [5.41, 5.74) is 4.75. The minimum atomic E-state index is -0.121. The lowest BCUT2D eigenvalue weighted by Gasteiger charge is -2.32. The molecule has 1 saturated heterocycles. The zero-order valence-corrected chi connectivity index (χ0v) is 22.9. The van der Waals surface area contributed by atoms with Crippen molar-refractivity contribution in [2.75, 3.05) is 27.3 Å². The molecule has 0 amide bonds. The van der Waals surface area contributed by atoms with Crippen LogP contribution in [0.15, 0.2) is 48.0 Å². The van der Waals surface area contributed by atoms with Crippen molar-refractivity contribution in [3.05, 3.63) is 64.7 Å². The topological polar surface area (TPSA) is 48.0 Å². The van der Waals surface area contributed by atoms with Crippen LogP contribution in [0.25, 0.3) is 5.76 Å². The Morgan fingerprint density at radius 2 is 1.65 bits per heavy atom. The molecule has 1 heterocycles. The number of hydrogen-bond donors (Lipinski definition) is 0. The SMILES string of the molecule is CCCCCCCC(=O)OC1=C(CC2CCN(Cc3ccccc3)CC2)Cc2cc(OC)c(OC)cc21. The normalized spacial score (nSPS) is 16.1. The van der Waals surface area contributed by atoms with Gasteiger partial charge in [-0.2, -0.15) is 0 Å². The summed E-state index contributed by atoms with van der Waals surface area (Å²) in [6.45, 7) is 5.43. The van der Waals surface area contributed by atoms with Gasteiger partial charge in [0.25, 0.3) is 0 Å². The average molecular weight is 506 g/mol. The quantitative estimate of drug-likeness (QED) is 0.213. The molecular weight excluding hydrogens is 462 g/mol. The van der Waals surface area contributed by atoms with Crippen LogP contribution in [0.5, 0.6) is 11.5 Å². The van der Waals surface area contributed by atoms with Crippen molar-refractivity contribution in [3.63, 3.8) is 0 Å². The number of fused-ring (bicyclic) bond motifs is 1. The van der Waals surface area contributed by atoms with E-state index in [1.54, 1.807) is 14.2 Å². The molecule has 0 saturated carbocycles. The zero-order chi connectivity index (χ0) is 26.0. The molecule has 1 aliphatic carbocycles. The first kappa shape index (κ1) is 27.3. The van der Waals surface area contributed by atoms with Gasteiger partial charge in [-0.3, -0.25) is 9.69 Å². The second kappa shape index (κ2) is 13.7.